The second kappa shape index (κ2) is 6.68. The van der Waals surface area contributed by atoms with Crippen LogP contribution in [0.2, 0.25) is 0 Å². The minimum atomic E-state index is -0.476. The van der Waals surface area contributed by atoms with Gasteiger partial charge in [0.05, 0.1) is 6.10 Å². The zero-order valence-electron chi connectivity index (χ0n) is 11.5. The highest BCUT2D eigenvalue weighted by molar-refractivity contribution is 5.78. The third kappa shape index (κ3) is 4.33. The third-order valence-corrected chi connectivity index (χ3v) is 3.42. The van der Waals surface area contributed by atoms with Crippen LogP contribution in [0.15, 0.2) is 30.3 Å². The van der Waals surface area contributed by atoms with E-state index in [-0.39, 0.29) is 5.91 Å². The van der Waals surface area contributed by atoms with Gasteiger partial charge in [0.1, 0.15) is 0 Å². The number of β-amino-alcohol motifs (C(OH)–C–C–N with tert-alkyl or cyclic N) is 1. The lowest BCUT2D eigenvalue weighted by Gasteiger charge is -2.24. The average molecular weight is 262 g/mol. The minimum absolute atomic E-state index is 0.171. The van der Waals surface area contributed by atoms with Crippen molar-refractivity contribution in [3.8, 4) is 0 Å². The van der Waals surface area contributed by atoms with E-state index in [9.17, 15) is 9.90 Å². The topological polar surface area (TPSA) is 43.8 Å². The van der Waals surface area contributed by atoms with Gasteiger partial charge in [0.15, 0.2) is 0 Å². The first-order valence-electron chi connectivity index (χ1n) is 6.83. The van der Waals surface area contributed by atoms with E-state index >= 15 is 0 Å². The predicted molar refractivity (Wildman–Crippen MR) is 74.6 cm³/mol. The van der Waals surface area contributed by atoms with E-state index in [0.717, 1.165) is 19.5 Å². The van der Waals surface area contributed by atoms with Crippen LogP contribution in [0.3, 0.4) is 0 Å². The van der Waals surface area contributed by atoms with Gasteiger partial charge in [0.25, 0.3) is 0 Å². The second-order valence-corrected chi connectivity index (χ2v) is 5.28. The summed E-state index contributed by atoms with van der Waals surface area (Å²) in [4.78, 5) is 15.3. The van der Waals surface area contributed by atoms with E-state index < -0.39 is 6.10 Å². The van der Waals surface area contributed by atoms with Gasteiger partial charge in [0.2, 0.25) is 5.91 Å². The van der Waals surface area contributed by atoms with E-state index in [1.165, 1.54) is 5.56 Å². The van der Waals surface area contributed by atoms with Crippen LogP contribution in [-0.2, 0) is 11.3 Å². The highest BCUT2D eigenvalue weighted by Crippen LogP contribution is 2.10. The Balaban J connectivity index is 1.75. The van der Waals surface area contributed by atoms with Crippen LogP contribution in [0.5, 0.6) is 0 Å². The summed E-state index contributed by atoms with van der Waals surface area (Å²) < 4.78 is 0. The summed E-state index contributed by atoms with van der Waals surface area (Å²) in [5.74, 6) is 0.171. The fourth-order valence-corrected chi connectivity index (χ4v) is 2.53. The van der Waals surface area contributed by atoms with Gasteiger partial charge in [-0.3, -0.25) is 9.69 Å². The molecule has 4 heteroatoms. The Hall–Kier alpha value is -1.39. The largest absolute Gasteiger partial charge is 0.390 e. The number of carbonyl (C=O) groups is 1. The number of benzene rings is 1. The molecule has 1 amide bonds. The molecule has 1 aromatic rings. The maximum absolute atomic E-state index is 11.5. The molecule has 1 N–H and O–H groups in total. The monoisotopic (exact) mass is 262 g/mol. The first kappa shape index (κ1) is 14.0. The van der Waals surface area contributed by atoms with Gasteiger partial charge in [-0.1, -0.05) is 30.3 Å². The van der Waals surface area contributed by atoms with E-state index in [2.05, 4.69) is 17.0 Å². The SMILES string of the molecule is CN(Cc1ccccc1)CC(O)CN1CCCC1=O. The van der Waals surface area contributed by atoms with Gasteiger partial charge in [-0.15, -0.1) is 0 Å². The van der Waals surface area contributed by atoms with Crippen LogP contribution in [-0.4, -0.2) is 53.6 Å². The lowest BCUT2D eigenvalue weighted by Crippen LogP contribution is -2.39. The highest BCUT2D eigenvalue weighted by atomic mass is 16.3. The molecule has 19 heavy (non-hydrogen) atoms. The summed E-state index contributed by atoms with van der Waals surface area (Å²) >= 11 is 0. The van der Waals surface area contributed by atoms with Crippen molar-refractivity contribution >= 4 is 5.91 Å². The van der Waals surface area contributed by atoms with Gasteiger partial charge in [0, 0.05) is 32.6 Å². The maximum Gasteiger partial charge on any atom is 0.222 e. The van der Waals surface area contributed by atoms with Crippen molar-refractivity contribution in [2.45, 2.75) is 25.5 Å². The van der Waals surface area contributed by atoms with Gasteiger partial charge < -0.3 is 10.0 Å². The Labute approximate surface area is 114 Å². The second-order valence-electron chi connectivity index (χ2n) is 5.28. The molecule has 0 saturated carbocycles. The van der Waals surface area contributed by atoms with Crippen molar-refractivity contribution in [1.82, 2.24) is 9.80 Å². The first-order chi connectivity index (χ1) is 9.15. The summed E-state index contributed by atoms with van der Waals surface area (Å²) in [7, 11) is 1.99. The highest BCUT2D eigenvalue weighted by Gasteiger charge is 2.22. The number of aliphatic hydroxyl groups is 1. The summed E-state index contributed by atoms with van der Waals surface area (Å²) in [5.41, 5.74) is 1.23. The number of nitrogens with zero attached hydrogens (tertiary/aromatic N) is 2. The molecule has 1 aliphatic rings. The molecule has 1 fully saturated rings. The lowest BCUT2D eigenvalue weighted by molar-refractivity contribution is -0.129. The summed E-state index contributed by atoms with van der Waals surface area (Å²) in [6, 6.07) is 10.2. The van der Waals surface area contributed by atoms with Crippen molar-refractivity contribution in [1.29, 1.82) is 0 Å². The Morgan fingerprint density at radius 2 is 2.11 bits per heavy atom. The molecule has 0 spiro atoms. The Bertz CT molecular complexity index is 408. The quantitative estimate of drug-likeness (QED) is 0.835. The van der Waals surface area contributed by atoms with Crippen LogP contribution in [0, 0.1) is 0 Å². The van der Waals surface area contributed by atoms with Gasteiger partial charge in [-0.05, 0) is 19.0 Å². The standard InChI is InChI=1S/C15H22N2O2/c1-16(10-13-6-3-2-4-7-13)11-14(18)12-17-9-5-8-15(17)19/h2-4,6-7,14,18H,5,8-12H2,1H3. The third-order valence-electron chi connectivity index (χ3n) is 3.42. The number of amides is 1. The molecule has 1 heterocycles. The zero-order valence-corrected chi connectivity index (χ0v) is 11.5. The molecule has 1 atom stereocenters. The van der Waals surface area contributed by atoms with E-state index in [0.29, 0.717) is 19.5 Å². The van der Waals surface area contributed by atoms with Crippen LogP contribution < -0.4 is 0 Å². The fraction of sp³-hybridized carbons (Fsp3) is 0.533. The van der Waals surface area contributed by atoms with Crippen LogP contribution in [0.1, 0.15) is 18.4 Å². The number of hydrogen-bond acceptors (Lipinski definition) is 3. The molecular weight excluding hydrogens is 240 g/mol. The smallest absolute Gasteiger partial charge is 0.222 e. The average Bonchev–Trinajstić information content (AvgIpc) is 2.76. The first-order valence-corrected chi connectivity index (χ1v) is 6.83. The predicted octanol–water partition coefficient (Wildman–Crippen LogP) is 1.10. The molecular formula is C15H22N2O2. The van der Waals surface area contributed by atoms with Crippen LogP contribution in [0.4, 0.5) is 0 Å². The van der Waals surface area contributed by atoms with Gasteiger partial charge in [-0.2, -0.15) is 0 Å². The normalized spacial score (nSPS) is 17.2. The summed E-state index contributed by atoms with van der Waals surface area (Å²) in [6.45, 7) is 2.64. The molecule has 0 bridgehead atoms. The van der Waals surface area contributed by atoms with E-state index in [1.54, 1.807) is 4.90 Å². The van der Waals surface area contributed by atoms with Crippen LogP contribution >= 0.6 is 0 Å². The number of aliphatic hydroxyl groups excluding tert-OH is 1. The van der Waals surface area contributed by atoms with Crippen molar-refractivity contribution < 1.29 is 9.90 Å². The molecule has 2 rings (SSSR count). The van der Waals surface area contributed by atoms with Crippen molar-refractivity contribution in [2.75, 3.05) is 26.7 Å². The van der Waals surface area contributed by atoms with E-state index in [1.807, 2.05) is 25.2 Å². The minimum Gasteiger partial charge on any atom is -0.390 e. The van der Waals surface area contributed by atoms with Crippen molar-refractivity contribution in [3.63, 3.8) is 0 Å². The van der Waals surface area contributed by atoms with Crippen molar-refractivity contribution in [2.24, 2.45) is 0 Å². The number of hydrogen-bond donors (Lipinski definition) is 1. The van der Waals surface area contributed by atoms with Crippen molar-refractivity contribution in [3.05, 3.63) is 35.9 Å². The summed E-state index contributed by atoms with van der Waals surface area (Å²) in [6.07, 6.45) is 1.08. The number of carbonyl (C=O) groups excluding carboxylic acids is 1. The Kier molecular flexibility index (Phi) is 4.93. The molecule has 1 aliphatic heterocycles. The van der Waals surface area contributed by atoms with Gasteiger partial charge >= 0.3 is 0 Å². The molecule has 104 valence electrons. The molecule has 1 saturated heterocycles. The lowest BCUT2D eigenvalue weighted by atomic mass is 10.2. The number of rotatable bonds is 6. The van der Waals surface area contributed by atoms with E-state index in [4.69, 9.17) is 0 Å². The molecule has 1 unspecified atom stereocenters. The molecule has 0 aliphatic carbocycles. The maximum atomic E-state index is 11.5. The number of likely N-dealkylation sites (tertiary alicyclic amines) is 1. The zero-order chi connectivity index (χ0) is 13.7. The molecule has 0 radical (unpaired) electrons. The Morgan fingerprint density at radius 3 is 2.74 bits per heavy atom. The molecule has 1 aromatic carbocycles. The fourth-order valence-electron chi connectivity index (χ4n) is 2.53. The van der Waals surface area contributed by atoms with Gasteiger partial charge in [-0.25, -0.2) is 0 Å². The number of likely N-dealkylation sites (N-methyl/N-ethyl adjacent to an activating group) is 1. The summed E-state index contributed by atoms with van der Waals surface area (Å²) in [5, 5.41) is 10.0. The molecule has 0 aromatic heterocycles. The Morgan fingerprint density at radius 1 is 1.37 bits per heavy atom. The molecule has 4 nitrogen and oxygen atoms in total. The van der Waals surface area contributed by atoms with Crippen LogP contribution in [0.25, 0.3) is 0 Å².